The fourth-order valence-electron chi connectivity index (χ4n) is 1.49. The van der Waals surface area contributed by atoms with Gasteiger partial charge in [0.25, 0.3) is 0 Å². The van der Waals surface area contributed by atoms with Crippen molar-refractivity contribution in [3.05, 3.63) is 10.1 Å². The van der Waals surface area contributed by atoms with Crippen molar-refractivity contribution >= 4 is 5.91 Å². The van der Waals surface area contributed by atoms with E-state index in [1.165, 1.54) is 0 Å². The maximum atomic E-state index is 10.9. The number of nitrogens with one attached hydrogen (secondary N) is 1. The normalized spacial score (nSPS) is 29.6. The SMILES string of the molecule is CC[C@@H]1CC(=O)NC[C@H]1[N+](=O)[O-]. The lowest BCUT2D eigenvalue weighted by Crippen LogP contribution is -2.47. The molecular weight excluding hydrogens is 160 g/mol. The molecule has 0 aliphatic carbocycles. The second kappa shape index (κ2) is 3.51. The number of amides is 1. The van der Waals surface area contributed by atoms with Crippen LogP contribution in [-0.4, -0.2) is 23.4 Å². The molecule has 1 aliphatic heterocycles. The lowest BCUT2D eigenvalue weighted by atomic mass is 9.90. The van der Waals surface area contributed by atoms with E-state index in [-0.39, 0.29) is 23.3 Å². The average Bonchev–Trinajstić information content (AvgIpc) is 2.03. The van der Waals surface area contributed by atoms with Crippen LogP contribution in [0.5, 0.6) is 0 Å². The first-order valence-corrected chi connectivity index (χ1v) is 4.05. The molecule has 1 rings (SSSR count). The highest BCUT2D eigenvalue weighted by atomic mass is 16.6. The molecule has 0 aromatic heterocycles. The second-order valence-electron chi connectivity index (χ2n) is 3.03. The summed E-state index contributed by atoms with van der Waals surface area (Å²) in [5.74, 6) is -0.159. The van der Waals surface area contributed by atoms with Gasteiger partial charge in [0, 0.05) is 17.3 Å². The van der Waals surface area contributed by atoms with Crippen molar-refractivity contribution in [3.8, 4) is 0 Å². The molecule has 5 heteroatoms. The van der Waals surface area contributed by atoms with Gasteiger partial charge < -0.3 is 5.32 Å². The predicted molar refractivity (Wildman–Crippen MR) is 42.2 cm³/mol. The van der Waals surface area contributed by atoms with Crippen molar-refractivity contribution < 1.29 is 9.72 Å². The van der Waals surface area contributed by atoms with Crippen molar-refractivity contribution in [2.24, 2.45) is 5.92 Å². The van der Waals surface area contributed by atoms with E-state index in [2.05, 4.69) is 5.32 Å². The highest BCUT2D eigenvalue weighted by Gasteiger charge is 2.35. The van der Waals surface area contributed by atoms with Crippen LogP contribution in [0.15, 0.2) is 0 Å². The average molecular weight is 172 g/mol. The van der Waals surface area contributed by atoms with Crippen molar-refractivity contribution in [3.63, 3.8) is 0 Å². The van der Waals surface area contributed by atoms with Crippen molar-refractivity contribution in [2.75, 3.05) is 6.54 Å². The third kappa shape index (κ3) is 1.72. The predicted octanol–water partition coefficient (Wildman–Crippen LogP) is 0.178. The summed E-state index contributed by atoms with van der Waals surface area (Å²) < 4.78 is 0. The Morgan fingerprint density at radius 3 is 2.92 bits per heavy atom. The minimum atomic E-state index is -0.590. The fraction of sp³-hybridized carbons (Fsp3) is 0.857. The minimum Gasteiger partial charge on any atom is -0.349 e. The summed E-state index contributed by atoms with van der Waals surface area (Å²) in [7, 11) is 0. The Morgan fingerprint density at radius 1 is 1.75 bits per heavy atom. The lowest BCUT2D eigenvalue weighted by molar-refractivity contribution is -0.531. The zero-order chi connectivity index (χ0) is 9.14. The standard InChI is InChI=1S/C7H12N2O3/c1-2-5-3-7(10)8-4-6(5)9(11)12/h5-6H,2-4H2,1H3,(H,8,10)/t5-,6-/m1/s1. The lowest BCUT2D eigenvalue weighted by Gasteiger charge is -2.24. The summed E-state index contributed by atoms with van der Waals surface area (Å²) in [6.07, 6.45) is 0.987. The summed E-state index contributed by atoms with van der Waals surface area (Å²) in [6.45, 7) is 2.06. The van der Waals surface area contributed by atoms with Gasteiger partial charge in [0.05, 0.1) is 6.54 Å². The summed E-state index contributed by atoms with van der Waals surface area (Å²) in [4.78, 5) is 21.1. The first-order valence-electron chi connectivity index (χ1n) is 4.05. The number of carbonyl (C=O) groups excluding carboxylic acids is 1. The highest BCUT2D eigenvalue weighted by Crippen LogP contribution is 2.18. The van der Waals surface area contributed by atoms with E-state index < -0.39 is 6.04 Å². The van der Waals surface area contributed by atoms with Gasteiger partial charge in [-0.1, -0.05) is 6.92 Å². The number of carbonyl (C=O) groups is 1. The molecule has 1 saturated heterocycles. The van der Waals surface area contributed by atoms with Gasteiger partial charge >= 0.3 is 0 Å². The second-order valence-corrected chi connectivity index (χ2v) is 3.03. The van der Waals surface area contributed by atoms with E-state index in [1.807, 2.05) is 6.92 Å². The van der Waals surface area contributed by atoms with E-state index in [9.17, 15) is 14.9 Å². The summed E-state index contributed by atoms with van der Waals surface area (Å²) in [5, 5.41) is 13.0. The molecule has 1 N–H and O–H groups in total. The number of nitro groups is 1. The van der Waals surface area contributed by atoms with E-state index in [0.29, 0.717) is 12.8 Å². The Hall–Kier alpha value is -1.13. The molecule has 2 atom stereocenters. The van der Waals surface area contributed by atoms with Crippen LogP contribution in [0.25, 0.3) is 0 Å². The fourth-order valence-corrected chi connectivity index (χ4v) is 1.49. The largest absolute Gasteiger partial charge is 0.349 e. The van der Waals surface area contributed by atoms with Gasteiger partial charge in [-0.25, -0.2) is 0 Å². The Kier molecular flexibility index (Phi) is 2.62. The van der Waals surface area contributed by atoms with Crippen molar-refractivity contribution in [1.82, 2.24) is 5.32 Å². The molecule has 0 unspecified atom stereocenters. The minimum absolute atomic E-state index is 0.0695. The molecule has 0 aromatic rings. The van der Waals surface area contributed by atoms with Gasteiger partial charge in [0.1, 0.15) is 0 Å². The maximum absolute atomic E-state index is 10.9. The monoisotopic (exact) mass is 172 g/mol. The van der Waals surface area contributed by atoms with Crippen molar-refractivity contribution in [2.45, 2.75) is 25.8 Å². The Morgan fingerprint density at radius 2 is 2.42 bits per heavy atom. The molecular formula is C7H12N2O3. The molecule has 1 amide bonds. The molecule has 0 aromatic carbocycles. The number of nitrogens with zero attached hydrogens (tertiary/aromatic N) is 1. The first kappa shape index (κ1) is 8.96. The van der Waals surface area contributed by atoms with Gasteiger partial charge in [-0.15, -0.1) is 0 Å². The summed E-state index contributed by atoms with van der Waals surface area (Å²) >= 11 is 0. The van der Waals surface area contributed by atoms with E-state index in [1.54, 1.807) is 0 Å². The highest BCUT2D eigenvalue weighted by molar-refractivity contribution is 5.77. The van der Waals surface area contributed by atoms with Crippen molar-refractivity contribution in [1.29, 1.82) is 0 Å². The molecule has 1 heterocycles. The molecule has 68 valence electrons. The van der Waals surface area contributed by atoms with Crippen LogP contribution >= 0.6 is 0 Å². The van der Waals surface area contributed by atoms with Crippen LogP contribution in [-0.2, 0) is 4.79 Å². The van der Waals surface area contributed by atoms with Crippen LogP contribution in [0.3, 0.4) is 0 Å². The molecule has 0 radical (unpaired) electrons. The number of hydrogen-bond acceptors (Lipinski definition) is 3. The molecule has 1 aliphatic rings. The quantitative estimate of drug-likeness (QED) is 0.477. The molecule has 12 heavy (non-hydrogen) atoms. The maximum Gasteiger partial charge on any atom is 0.233 e. The summed E-state index contributed by atoms with van der Waals surface area (Å²) in [6, 6.07) is -0.590. The number of piperidine rings is 1. The van der Waals surface area contributed by atoms with Gasteiger partial charge in [-0.05, 0) is 6.42 Å². The smallest absolute Gasteiger partial charge is 0.233 e. The van der Waals surface area contributed by atoms with Crippen LogP contribution in [0.4, 0.5) is 0 Å². The molecule has 0 bridgehead atoms. The van der Waals surface area contributed by atoms with Gasteiger partial charge in [-0.3, -0.25) is 14.9 Å². The molecule has 5 nitrogen and oxygen atoms in total. The number of rotatable bonds is 2. The first-order chi connectivity index (χ1) is 5.65. The topological polar surface area (TPSA) is 72.2 Å². The van der Waals surface area contributed by atoms with Crippen LogP contribution in [0.2, 0.25) is 0 Å². The van der Waals surface area contributed by atoms with Gasteiger partial charge in [0.2, 0.25) is 11.9 Å². The third-order valence-corrected chi connectivity index (χ3v) is 2.30. The zero-order valence-electron chi connectivity index (χ0n) is 6.95. The summed E-state index contributed by atoms with van der Waals surface area (Å²) in [5.41, 5.74) is 0. The van der Waals surface area contributed by atoms with Gasteiger partial charge in [-0.2, -0.15) is 0 Å². The van der Waals surface area contributed by atoms with Crippen LogP contribution < -0.4 is 5.32 Å². The van der Waals surface area contributed by atoms with E-state index >= 15 is 0 Å². The Labute approximate surface area is 70.3 Å². The number of hydrogen-bond donors (Lipinski definition) is 1. The molecule has 0 saturated carbocycles. The van der Waals surface area contributed by atoms with E-state index in [4.69, 9.17) is 0 Å². The van der Waals surface area contributed by atoms with Crippen LogP contribution in [0, 0.1) is 16.0 Å². The Balaban J connectivity index is 2.62. The Bertz CT molecular complexity index is 205. The van der Waals surface area contributed by atoms with E-state index in [0.717, 1.165) is 0 Å². The van der Waals surface area contributed by atoms with Crippen LogP contribution in [0.1, 0.15) is 19.8 Å². The zero-order valence-corrected chi connectivity index (χ0v) is 6.95. The third-order valence-electron chi connectivity index (χ3n) is 2.30. The van der Waals surface area contributed by atoms with Gasteiger partial charge in [0.15, 0.2) is 0 Å². The molecule has 0 spiro atoms. The molecule has 1 fully saturated rings.